The first-order valence-corrected chi connectivity index (χ1v) is 6.81. The molecule has 0 saturated heterocycles. The van der Waals surface area contributed by atoms with Crippen LogP contribution in [-0.4, -0.2) is 21.1 Å². The number of pyridine rings is 1. The SMILES string of the molecule is Cc1ccc(-n2c(CCN)nc3cccnc32)c(C)c1. The molecule has 0 spiro atoms. The molecule has 0 bridgehead atoms. The lowest BCUT2D eigenvalue weighted by Gasteiger charge is -2.11. The number of hydrogen-bond donors (Lipinski definition) is 1. The van der Waals surface area contributed by atoms with Crippen molar-refractivity contribution >= 4 is 11.2 Å². The first kappa shape index (κ1) is 12.8. The van der Waals surface area contributed by atoms with Gasteiger partial charge in [0, 0.05) is 12.6 Å². The topological polar surface area (TPSA) is 56.7 Å². The van der Waals surface area contributed by atoms with Crippen LogP contribution >= 0.6 is 0 Å². The van der Waals surface area contributed by atoms with E-state index in [-0.39, 0.29) is 0 Å². The molecule has 1 aromatic carbocycles. The lowest BCUT2D eigenvalue weighted by molar-refractivity contribution is 0.841. The van der Waals surface area contributed by atoms with E-state index in [2.05, 4.69) is 46.6 Å². The molecule has 2 N–H and O–H groups in total. The molecule has 2 heterocycles. The van der Waals surface area contributed by atoms with Gasteiger partial charge >= 0.3 is 0 Å². The number of aromatic nitrogens is 3. The van der Waals surface area contributed by atoms with Gasteiger partial charge in [0.25, 0.3) is 0 Å². The molecule has 0 aliphatic rings. The van der Waals surface area contributed by atoms with Crippen molar-refractivity contribution < 1.29 is 0 Å². The summed E-state index contributed by atoms with van der Waals surface area (Å²) in [5, 5.41) is 0. The van der Waals surface area contributed by atoms with Crippen LogP contribution in [0.3, 0.4) is 0 Å². The summed E-state index contributed by atoms with van der Waals surface area (Å²) in [6.45, 7) is 4.79. The van der Waals surface area contributed by atoms with Gasteiger partial charge in [0.1, 0.15) is 11.3 Å². The minimum atomic E-state index is 0.578. The zero-order chi connectivity index (χ0) is 14.1. The molecule has 102 valence electrons. The summed E-state index contributed by atoms with van der Waals surface area (Å²) in [4.78, 5) is 9.15. The van der Waals surface area contributed by atoms with Crippen molar-refractivity contribution in [1.29, 1.82) is 0 Å². The fourth-order valence-corrected chi connectivity index (χ4v) is 2.57. The average molecular weight is 266 g/mol. The molecular formula is C16H18N4. The summed E-state index contributed by atoms with van der Waals surface area (Å²) in [6, 6.07) is 10.3. The zero-order valence-corrected chi connectivity index (χ0v) is 11.8. The van der Waals surface area contributed by atoms with Crippen LogP contribution in [0, 0.1) is 13.8 Å². The predicted molar refractivity (Wildman–Crippen MR) is 81.1 cm³/mol. The quantitative estimate of drug-likeness (QED) is 0.792. The monoisotopic (exact) mass is 266 g/mol. The van der Waals surface area contributed by atoms with Crippen LogP contribution in [0.1, 0.15) is 17.0 Å². The fraction of sp³-hybridized carbons (Fsp3) is 0.250. The lowest BCUT2D eigenvalue weighted by atomic mass is 10.1. The zero-order valence-electron chi connectivity index (χ0n) is 11.8. The second-order valence-electron chi connectivity index (χ2n) is 5.04. The Morgan fingerprint density at radius 1 is 1.20 bits per heavy atom. The fourth-order valence-electron chi connectivity index (χ4n) is 2.57. The Kier molecular flexibility index (Phi) is 3.24. The van der Waals surface area contributed by atoms with Gasteiger partial charge in [-0.3, -0.25) is 4.57 Å². The number of benzene rings is 1. The lowest BCUT2D eigenvalue weighted by Crippen LogP contribution is -2.10. The molecule has 0 saturated carbocycles. The highest BCUT2D eigenvalue weighted by molar-refractivity contribution is 5.74. The summed E-state index contributed by atoms with van der Waals surface area (Å²) < 4.78 is 2.12. The molecule has 0 aliphatic heterocycles. The maximum atomic E-state index is 5.72. The Hall–Kier alpha value is -2.20. The van der Waals surface area contributed by atoms with Gasteiger partial charge in [-0.1, -0.05) is 17.7 Å². The van der Waals surface area contributed by atoms with E-state index in [1.165, 1.54) is 11.1 Å². The largest absolute Gasteiger partial charge is 0.330 e. The maximum absolute atomic E-state index is 5.72. The number of aryl methyl sites for hydroxylation is 2. The smallest absolute Gasteiger partial charge is 0.164 e. The van der Waals surface area contributed by atoms with E-state index in [1.54, 1.807) is 6.20 Å². The van der Waals surface area contributed by atoms with Crippen molar-refractivity contribution in [3.05, 3.63) is 53.5 Å². The van der Waals surface area contributed by atoms with Crippen molar-refractivity contribution in [2.24, 2.45) is 5.73 Å². The minimum absolute atomic E-state index is 0.578. The van der Waals surface area contributed by atoms with Gasteiger partial charge < -0.3 is 5.73 Å². The van der Waals surface area contributed by atoms with E-state index in [0.717, 1.165) is 29.1 Å². The number of rotatable bonds is 3. The summed E-state index contributed by atoms with van der Waals surface area (Å²) >= 11 is 0. The molecule has 0 radical (unpaired) electrons. The first-order chi connectivity index (χ1) is 9.70. The molecule has 0 fully saturated rings. The minimum Gasteiger partial charge on any atom is -0.330 e. The van der Waals surface area contributed by atoms with E-state index in [4.69, 9.17) is 5.73 Å². The maximum Gasteiger partial charge on any atom is 0.164 e. The third-order valence-corrected chi connectivity index (χ3v) is 3.45. The highest BCUT2D eigenvalue weighted by Gasteiger charge is 2.14. The summed E-state index contributed by atoms with van der Waals surface area (Å²) in [5.74, 6) is 0.966. The molecule has 2 aromatic heterocycles. The third kappa shape index (κ3) is 2.08. The van der Waals surface area contributed by atoms with Crippen LogP contribution in [0.15, 0.2) is 36.5 Å². The molecule has 3 rings (SSSR count). The Balaban J connectivity index is 2.30. The van der Waals surface area contributed by atoms with Crippen LogP contribution < -0.4 is 5.73 Å². The van der Waals surface area contributed by atoms with Gasteiger partial charge in [-0.05, 0) is 44.2 Å². The molecule has 3 aromatic rings. The number of fused-ring (bicyclic) bond motifs is 1. The van der Waals surface area contributed by atoms with E-state index in [9.17, 15) is 0 Å². The molecule has 0 aliphatic carbocycles. The van der Waals surface area contributed by atoms with Crippen molar-refractivity contribution in [2.75, 3.05) is 6.54 Å². The van der Waals surface area contributed by atoms with E-state index in [0.29, 0.717) is 6.54 Å². The van der Waals surface area contributed by atoms with Gasteiger partial charge in [-0.15, -0.1) is 0 Å². The van der Waals surface area contributed by atoms with Crippen LogP contribution in [0.5, 0.6) is 0 Å². The number of nitrogens with zero attached hydrogens (tertiary/aromatic N) is 3. The summed E-state index contributed by atoms with van der Waals surface area (Å²) in [7, 11) is 0. The Bertz CT molecular complexity index is 758. The Labute approximate surface area is 118 Å². The van der Waals surface area contributed by atoms with E-state index < -0.39 is 0 Å². The molecule has 0 unspecified atom stereocenters. The van der Waals surface area contributed by atoms with Gasteiger partial charge in [0.2, 0.25) is 0 Å². The van der Waals surface area contributed by atoms with Crippen LogP contribution in [-0.2, 0) is 6.42 Å². The van der Waals surface area contributed by atoms with Gasteiger partial charge in [-0.25, -0.2) is 9.97 Å². The normalized spacial score (nSPS) is 11.2. The van der Waals surface area contributed by atoms with Crippen molar-refractivity contribution in [3.8, 4) is 5.69 Å². The molecule has 4 heteroatoms. The number of nitrogens with two attached hydrogens (primary N) is 1. The van der Waals surface area contributed by atoms with E-state index >= 15 is 0 Å². The standard InChI is InChI=1S/C16H18N4/c1-11-5-6-14(12(2)10-11)20-15(7-8-17)19-13-4-3-9-18-16(13)20/h3-6,9-10H,7-8,17H2,1-2H3. The van der Waals surface area contributed by atoms with Gasteiger partial charge in [0.15, 0.2) is 5.65 Å². The first-order valence-electron chi connectivity index (χ1n) is 6.81. The van der Waals surface area contributed by atoms with E-state index in [1.807, 2.05) is 12.1 Å². The summed E-state index contributed by atoms with van der Waals surface area (Å²) in [5.41, 5.74) is 11.1. The van der Waals surface area contributed by atoms with Crippen LogP contribution in [0.2, 0.25) is 0 Å². The highest BCUT2D eigenvalue weighted by atomic mass is 15.1. The Morgan fingerprint density at radius 3 is 2.80 bits per heavy atom. The summed E-state index contributed by atoms with van der Waals surface area (Å²) in [6.07, 6.45) is 2.54. The molecular weight excluding hydrogens is 248 g/mol. The predicted octanol–water partition coefficient (Wildman–Crippen LogP) is 2.54. The highest BCUT2D eigenvalue weighted by Crippen LogP contribution is 2.23. The molecule has 4 nitrogen and oxygen atoms in total. The van der Waals surface area contributed by atoms with Crippen molar-refractivity contribution in [1.82, 2.24) is 14.5 Å². The average Bonchev–Trinajstić information content (AvgIpc) is 2.78. The van der Waals surface area contributed by atoms with Crippen LogP contribution in [0.4, 0.5) is 0 Å². The van der Waals surface area contributed by atoms with Crippen molar-refractivity contribution in [3.63, 3.8) is 0 Å². The number of hydrogen-bond acceptors (Lipinski definition) is 3. The van der Waals surface area contributed by atoms with Gasteiger partial charge in [-0.2, -0.15) is 0 Å². The van der Waals surface area contributed by atoms with Gasteiger partial charge in [0.05, 0.1) is 5.69 Å². The molecule has 0 atom stereocenters. The molecule has 0 amide bonds. The van der Waals surface area contributed by atoms with Crippen molar-refractivity contribution in [2.45, 2.75) is 20.3 Å². The molecule has 20 heavy (non-hydrogen) atoms. The second kappa shape index (κ2) is 5.06. The Morgan fingerprint density at radius 2 is 2.05 bits per heavy atom. The third-order valence-electron chi connectivity index (χ3n) is 3.45. The van der Waals surface area contributed by atoms with Crippen LogP contribution in [0.25, 0.3) is 16.9 Å². The number of imidazole rings is 1. The second-order valence-corrected chi connectivity index (χ2v) is 5.04.